The van der Waals surface area contributed by atoms with Crippen molar-refractivity contribution in [1.82, 2.24) is 14.9 Å². The highest BCUT2D eigenvalue weighted by atomic mass is 16.3. The summed E-state index contributed by atoms with van der Waals surface area (Å²) in [5.74, 6) is 1.64. The number of rotatable bonds is 2. The second-order valence-corrected chi connectivity index (χ2v) is 6.29. The zero-order chi connectivity index (χ0) is 16.7. The fraction of sp³-hybridized carbons (Fsp3) is 0.316. The van der Waals surface area contributed by atoms with Gasteiger partial charge >= 0.3 is 0 Å². The second-order valence-electron chi connectivity index (χ2n) is 6.29. The van der Waals surface area contributed by atoms with Crippen LogP contribution in [0.4, 0.5) is 0 Å². The van der Waals surface area contributed by atoms with Gasteiger partial charge in [-0.15, -0.1) is 0 Å². The molecule has 1 unspecified atom stereocenters. The number of amides is 1. The van der Waals surface area contributed by atoms with Crippen molar-refractivity contribution in [1.29, 1.82) is 0 Å². The molecule has 1 aliphatic heterocycles. The van der Waals surface area contributed by atoms with Gasteiger partial charge in [-0.05, 0) is 57.0 Å². The number of hydrogen-bond donors (Lipinski definition) is 0. The summed E-state index contributed by atoms with van der Waals surface area (Å²) in [6.45, 7) is 4.55. The average molecular weight is 321 g/mol. The van der Waals surface area contributed by atoms with Gasteiger partial charge in [0.05, 0.1) is 11.7 Å². The largest absolute Gasteiger partial charge is 0.461 e. The van der Waals surface area contributed by atoms with E-state index in [1.54, 1.807) is 6.20 Å². The van der Waals surface area contributed by atoms with Crippen LogP contribution in [0.1, 0.15) is 46.5 Å². The lowest BCUT2D eigenvalue weighted by Gasteiger charge is -2.24. The summed E-state index contributed by atoms with van der Waals surface area (Å²) < 4.78 is 5.59. The van der Waals surface area contributed by atoms with E-state index >= 15 is 0 Å². The van der Waals surface area contributed by atoms with Crippen LogP contribution in [0.25, 0.3) is 11.0 Å². The summed E-state index contributed by atoms with van der Waals surface area (Å²) in [5, 5.41) is 0.965. The Kier molecular flexibility index (Phi) is 3.56. The van der Waals surface area contributed by atoms with Crippen molar-refractivity contribution in [2.24, 2.45) is 0 Å². The molecule has 1 aliphatic rings. The van der Waals surface area contributed by atoms with Crippen LogP contribution in [-0.4, -0.2) is 27.3 Å². The van der Waals surface area contributed by atoms with Gasteiger partial charge in [0, 0.05) is 23.7 Å². The van der Waals surface area contributed by atoms with Gasteiger partial charge in [-0.25, -0.2) is 9.97 Å². The summed E-state index contributed by atoms with van der Waals surface area (Å²) in [6.07, 6.45) is 3.70. The third-order valence-corrected chi connectivity index (χ3v) is 4.54. The number of aromatic nitrogens is 2. The van der Waals surface area contributed by atoms with E-state index in [4.69, 9.17) is 4.42 Å². The first-order valence-corrected chi connectivity index (χ1v) is 8.22. The van der Waals surface area contributed by atoms with Gasteiger partial charge in [-0.1, -0.05) is 0 Å². The Morgan fingerprint density at radius 2 is 2.12 bits per heavy atom. The molecule has 0 saturated carbocycles. The van der Waals surface area contributed by atoms with Gasteiger partial charge in [0.2, 0.25) is 0 Å². The first-order valence-electron chi connectivity index (χ1n) is 8.22. The number of likely N-dealkylation sites (tertiary alicyclic amines) is 1. The molecule has 1 aromatic carbocycles. The lowest BCUT2D eigenvalue weighted by Crippen LogP contribution is -2.31. The van der Waals surface area contributed by atoms with Crippen LogP contribution in [-0.2, 0) is 0 Å². The maximum absolute atomic E-state index is 13.0. The van der Waals surface area contributed by atoms with Gasteiger partial charge in [0.15, 0.2) is 0 Å². The molecule has 24 heavy (non-hydrogen) atoms. The van der Waals surface area contributed by atoms with Crippen molar-refractivity contribution in [3.63, 3.8) is 0 Å². The van der Waals surface area contributed by atoms with E-state index in [0.29, 0.717) is 5.56 Å². The fourth-order valence-electron chi connectivity index (χ4n) is 3.45. The number of aryl methyl sites for hydroxylation is 2. The van der Waals surface area contributed by atoms with Crippen LogP contribution in [0, 0.1) is 13.8 Å². The molecule has 1 saturated heterocycles. The van der Waals surface area contributed by atoms with E-state index < -0.39 is 0 Å². The summed E-state index contributed by atoms with van der Waals surface area (Å²) in [4.78, 5) is 23.6. The monoisotopic (exact) mass is 321 g/mol. The zero-order valence-corrected chi connectivity index (χ0v) is 13.8. The van der Waals surface area contributed by atoms with Gasteiger partial charge in [-0.2, -0.15) is 0 Å². The Bertz CT molecular complexity index is 916. The summed E-state index contributed by atoms with van der Waals surface area (Å²) in [5.41, 5.74) is 2.43. The topological polar surface area (TPSA) is 59.2 Å². The molecule has 1 atom stereocenters. The van der Waals surface area contributed by atoms with Crippen LogP contribution in [0.5, 0.6) is 0 Å². The van der Waals surface area contributed by atoms with E-state index in [9.17, 15) is 4.79 Å². The Morgan fingerprint density at radius 1 is 1.25 bits per heavy atom. The predicted octanol–water partition coefficient (Wildman–Crippen LogP) is 3.82. The lowest BCUT2D eigenvalue weighted by molar-refractivity contribution is 0.0733. The van der Waals surface area contributed by atoms with E-state index in [1.807, 2.05) is 49.1 Å². The normalized spacial score (nSPS) is 17.6. The van der Waals surface area contributed by atoms with E-state index in [2.05, 4.69) is 9.97 Å². The number of hydrogen-bond acceptors (Lipinski definition) is 4. The maximum Gasteiger partial charge on any atom is 0.254 e. The van der Waals surface area contributed by atoms with Crippen molar-refractivity contribution >= 4 is 16.9 Å². The number of nitrogens with zero attached hydrogens (tertiary/aromatic N) is 3. The highest BCUT2D eigenvalue weighted by molar-refractivity contribution is 5.98. The molecule has 2 aromatic heterocycles. The molecule has 0 radical (unpaired) electrons. The highest BCUT2D eigenvalue weighted by Gasteiger charge is 2.31. The first-order chi connectivity index (χ1) is 11.6. The summed E-state index contributed by atoms with van der Waals surface area (Å²) in [7, 11) is 0. The third-order valence-electron chi connectivity index (χ3n) is 4.54. The Labute approximate surface area is 140 Å². The van der Waals surface area contributed by atoms with Crippen LogP contribution in [0.2, 0.25) is 0 Å². The molecule has 122 valence electrons. The van der Waals surface area contributed by atoms with Crippen molar-refractivity contribution in [3.05, 3.63) is 59.4 Å². The molecule has 5 nitrogen and oxygen atoms in total. The van der Waals surface area contributed by atoms with Crippen molar-refractivity contribution in [2.75, 3.05) is 6.54 Å². The maximum atomic E-state index is 13.0. The van der Waals surface area contributed by atoms with Gasteiger partial charge < -0.3 is 9.32 Å². The van der Waals surface area contributed by atoms with Gasteiger partial charge in [-0.3, -0.25) is 4.79 Å². The van der Waals surface area contributed by atoms with Crippen LogP contribution >= 0.6 is 0 Å². The van der Waals surface area contributed by atoms with Crippen LogP contribution < -0.4 is 0 Å². The molecular weight excluding hydrogens is 302 g/mol. The Balaban J connectivity index is 1.66. The summed E-state index contributed by atoms with van der Waals surface area (Å²) >= 11 is 0. The minimum absolute atomic E-state index is 0.0287. The molecule has 1 fully saturated rings. The standard InChI is InChI=1S/C19H19N3O2/c1-12-10-15-11-14(5-6-18(15)24-12)19(23)22-9-3-4-17(22)16-7-8-20-13(2)21-16/h5-8,10-11,17H,3-4,9H2,1-2H3. The number of carbonyl (C=O) groups excluding carboxylic acids is 1. The molecule has 1 amide bonds. The molecule has 0 N–H and O–H groups in total. The Hall–Kier alpha value is -2.69. The van der Waals surface area contributed by atoms with Crippen LogP contribution in [0.15, 0.2) is 40.9 Å². The average Bonchev–Trinajstić information content (AvgIpc) is 3.18. The SMILES string of the molecule is Cc1nccc(C2CCCN2C(=O)c2ccc3oc(C)cc3c2)n1. The quantitative estimate of drug-likeness (QED) is 0.720. The number of carbonyl (C=O) groups is 1. The van der Waals surface area contributed by atoms with E-state index in [0.717, 1.165) is 47.6 Å². The molecule has 5 heteroatoms. The van der Waals surface area contributed by atoms with E-state index in [-0.39, 0.29) is 11.9 Å². The third kappa shape index (κ3) is 2.56. The minimum Gasteiger partial charge on any atom is -0.461 e. The molecular formula is C19H19N3O2. The molecule has 3 aromatic rings. The van der Waals surface area contributed by atoms with Crippen molar-refractivity contribution in [3.8, 4) is 0 Å². The van der Waals surface area contributed by atoms with Gasteiger partial charge in [0.1, 0.15) is 17.2 Å². The molecule has 4 rings (SSSR count). The van der Waals surface area contributed by atoms with Crippen molar-refractivity contribution in [2.45, 2.75) is 32.7 Å². The molecule has 3 heterocycles. The molecule has 0 bridgehead atoms. The molecule has 0 aliphatic carbocycles. The van der Waals surface area contributed by atoms with Crippen LogP contribution in [0.3, 0.4) is 0 Å². The number of fused-ring (bicyclic) bond motifs is 1. The Morgan fingerprint density at radius 3 is 2.96 bits per heavy atom. The first kappa shape index (κ1) is 14.9. The number of benzene rings is 1. The highest BCUT2D eigenvalue weighted by Crippen LogP contribution is 2.32. The smallest absolute Gasteiger partial charge is 0.254 e. The second kappa shape index (κ2) is 5.74. The lowest BCUT2D eigenvalue weighted by atomic mass is 10.1. The van der Waals surface area contributed by atoms with Gasteiger partial charge in [0.25, 0.3) is 5.91 Å². The number of furan rings is 1. The summed E-state index contributed by atoms with van der Waals surface area (Å²) in [6, 6.07) is 9.52. The zero-order valence-electron chi connectivity index (χ0n) is 13.8. The minimum atomic E-state index is 0.0287. The fourth-order valence-corrected chi connectivity index (χ4v) is 3.45. The van der Waals surface area contributed by atoms with Crippen molar-refractivity contribution < 1.29 is 9.21 Å². The predicted molar refractivity (Wildman–Crippen MR) is 90.7 cm³/mol. The van der Waals surface area contributed by atoms with E-state index in [1.165, 1.54) is 0 Å². The molecule has 0 spiro atoms.